The van der Waals surface area contributed by atoms with Crippen molar-refractivity contribution >= 4 is 27.0 Å². The first-order chi connectivity index (χ1) is 13.7. The molecule has 1 heterocycles. The minimum absolute atomic E-state index is 0.0831. The van der Waals surface area contributed by atoms with Crippen LogP contribution in [0.3, 0.4) is 0 Å². The lowest BCUT2D eigenvalue weighted by Gasteiger charge is -2.16. The highest BCUT2D eigenvalue weighted by Gasteiger charge is 2.19. The van der Waals surface area contributed by atoms with Gasteiger partial charge >= 0.3 is 0 Å². The molecule has 1 aromatic heterocycles. The van der Waals surface area contributed by atoms with Gasteiger partial charge in [-0.2, -0.15) is 0 Å². The lowest BCUT2D eigenvalue weighted by atomic mass is 10.0. The number of carbonyl (C=O) groups excluding carboxylic acids is 1. The summed E-state index contributed by atoms with van der Waals surface area (Å²) in [6.07, 6.45) is 0. The molecule has 3 aromatic rings. The Morgan fingerprint density at radius 1 is 1.24 bits per heavy atom. The second kappa shape index (κ2) is 8.18. The highest BCUT2D eigenvalue weighted by atomic mass is 32.2. The molecule has 10 heteroatoms. The van der Waals surface area contributed by atoms with Crippen LogP contribution in [0.4, 0.5) is 0 Å². The molecule has 0 saturated carbocycles. The second-order valence-electron chi connectivity index (χ2n) is 6.82. The van der Waals surface area contributed by atoms with Crippen LogP contribution in [-0.2, 0) is 14.8 Å². The lowest BCUT2D eigenvalue weighted by molar-refractivity contribution is -0.127. The zero-order chi connectivity index (χ0) is 21.2. The Hall–Kier alpha value is -2.98. The van der Waals surface area contributed by atoms with E-state index in [1.165, 1.54) is 26.2 Å². The van der Waals surface area contributed by atoms with Crippen molar-refractivity contribution in [2.24, 2.45) is 0 Å². The zero-order valence-corrected chi connectivity index (χ0v) is 17.5. The van der Waals surface area contributed by atoms with Crippen LogP contribution in [0.2, 0.25) is 0 Å². The maximum atomic E-state index is 12.3. The van der Waals surface area contributed by atoms with Gasteiger partial charge in [0.2, 0.25) is 10.0 Å². The number of amides is 1. The van der Waals surface area contributed by atoms with Crippen LogP contribution >= 0.6 is 0 Å². The number of sulfonamides is 1. The number of hydrogen-bond acceptors (Lipinski definition) is 6. The van der Waals surface area contributed by atoms with Crippen LogP contribution in [0.25, 0.3) is 11.0 Å². The van der Waals surface area contributed by atoms with Gasteiger partial charge in [-0.05, 0) is 48.4 Å². The molecule has 0 radical (unpaired) electrons. The number of hydrogen-bond donors (Lipinski definition) is 1. The smallest absolute Gasteiger partial charge is 0.261 e. The van der Waals surface area contributed by atoms with Crippen LogP contribution < -0.4 is 10.2 Å². The Morgan fingerprint density at radius 3 is 2.66 bits per heavy atom. The Balaban J connectivity index is 1.72. The summed E-state index contributed by atoms with van der Waals surface area (Å²) in [6.45, 7) is 3.58. The molecule has 0 saturated heterocycles. The molecule has 0 fully saturated rings. The summed E-state index contributed by atoms with van der Waals surface area (Å²) < 4.78 is 25.8. The van der Waals surface area contributed by atoms with Crippen molar-refractivity contribution in [1.29, 1.82) is 0 Å². The predicted molar refractivity (Wildman–Crippen MR) is 108 cm³/mol. The molecular formula is C19H23N5O4S. The Bertz CT molecular complexity index is 1140. The molecule has 0 bridgehead atoms. The summed E-state index contributed by atoms with van der Waals surface area (Å²) in [4.78, 5) is 18.9. The SMILES string of the molecule is Cc1ccccc1C(C)NC(=O)COn1nnc2ccc(S(=O)(=O)N(C)C)cc21. The number of aryl methyl sites for hydroxylation is 1. The van der Waals surface area contributed by atoms with E-state index < -0.39 is 10.0 Å². The van der Waals surface area contributed by atoms with Crippen LogP contribution in [-0.4, -0.2) is 54.5 Å². The zero-order valence-electron chi connectivity index (χ0n) is 16.7. The van der Waals surface area contributed by atoms with Crippen molar-refractivity contribution in [3.8, 4) is 0 Å². The third kappa shape index (κ3) is 4.38. The quantitative estimate of drug-likeness (QED) is 0.621. The molecule has 1 amide bonds. The molecule has 0 aliphatic rings. The largest absolute Gasteiger partial charge is 0.385 e. The van der Waals surface area contributed by atoms with Gasteiger partial charge in [0, 0.05) is 14.1 Å². The van der Waals surface area contributed by atoms with E-state index in [0.29, 0.717) is 11.0 Å². The normalized spacial score (nSPS) is 12.9. The minimum Gasteiger partial charge on any atom is -0.385 e. The number of carbonyl (C=O) groups is 1. The van der Waals surface area contributed by atoms with Crippen molar-refractivity contribution in [3.05, 3.63) is 53.6 Å². The number of benzene rings is 2. The van der Waals surface area contributed by atoms with E-state index in [4.69, 9.17) is 4.84 Å². The first kappa shape index (κ1) is 20.7. The molecule has 1 N–H and O–H groups in total. The minimum atomic E-state index is -3.62. The van der Waals surface area contributed by atoms with E-state index in [9.17, 15) is 13.2 Å². The summed E-state index contributed by atoms with van der Waals surface area (Å²) in [5, 5.41) is 10.6. The van der Waals surface area contributed by atoms with Gasteiger partial charge < -0.3 is 10.2 Å². The van der Waals surface area contributed by atoms with Gasteiger partial charge in [0.05, 0.1) is 10.9 Å². The van der Waals surface area contributed by atoms with Gasteiger partial charge in [0.15, 0.2) is 6.61 Å². The van der Waals surface area contributed by atoms with Crippen molar-refractivity contribution in [2.75, 3.05) is 20.7 Å². The first-order valence-corrected chi connectivity index (χ1v) is 10.4. The van der Waals surface area contributed by atoms with Gasteiger partial charge in [-0.15, -0.1) is 5.10 Å². The van der Waals surface area contributed by atoms with E-state index in [-0.39, 0.29) is 23.5 Å². The fraction of sp³-hybridized carbons (Fsp3) is 0.316. The summed E-state index contributed by atoms with van der Waals surface area (Å²) >= 11 is 0. The van der Waals surface area contributed by atoms with Crippen molar-refractivity contribution in [2.45, 2.75) is 24.8 Å². The van der Waals surface area contributed by atoms with Gasteiger partial charge in [0.1, 0.15) is 11.0 Å². The molecule has 0 aliphatic heterocycles. The van der Waals surface area contributed by atoms with Crippen LogP contribution in [0.1, 0.15) is 24.1 Å². The number of fused-ring (bicyclic) bond motifs is 1. The third-order valence-electron chi connectivity index (χ3n) is 4.52. The fourth-order valence-corrected chi connectivity index (χ4v) is 3.82. The topological polar surface area (TPSA) is 106 Å². The molecule has 1 unspecified atom stereocenters. The molecule has 9 nitrogen and oxygen atoms in total. The molecular weight excluding hydrogens is 394 g/mol. The maximum absolute atomic E-state index is 12.3. The standard InChI is InChI=1S/C19H23N5O4S/c1-13-7-5-6-8-16(13)14(2)20-19(25)12-28-24-18-11-15(29(26,27)23(3)4)9-10-17(18)21-22-24/h5-11,14H,12H2,1-4H3,(H,20,25). The van der Waals surface area contributed by atoms with Crippen LogP contribution in [0, 0.1) is 6.92 Å². The van der Waals surface area contributed by atoms with E-state index in [0.717, 1.165) is 20.3 Å². The second-order valence-corrected chi connectivity index (χ2v) is 8.97. The summed E-state index contributed by atoms with van der Waals surface area (Å²) in [5.74, 6) is -0.332. The summed E-state index contributed by atoms with van der Waals surface area (Å²) in [5.41, 5.74) is 2.91. The number of nitrogens with one attached hydrogen (secondary N) is 1. The lowest BCUT2D eigenvalue weighted by Crippen LogP contribution is -2.34. The fourth-order valence-electron chi connectivity index (χ4n) is 2.90. The molecule has 3 rings (SSSR count). The Kier molecular flexibility index (Phi) is 5.85. The molecule has 154 valence electrons. The Morgan fingerprint density at radius 2 is 1.97 bits per heavy atom. The van der Waals surface area contributed by atoms with Crippen molar-refractivity contribution in [3.63, 3.8) is 0 Å². The number of aromatic nitrogens is 3. The van der Waals surface area contributed by atoms with Gasteiger partial charge in [-0.1, -0.05) is 29.1 Å². The van der Waals surface area contributed by atoms with E-state index in [1.807, 2.05) is 38.1 Å². The van der Waals surface area contributed by atoms with Crippen LogP contribution in [0.5, 0.6) is 0 Å². The van der Waals surface area contributed by atoms with Gasteiger partial charge in [-0.25, -0.2) is 12.7 Å². The summed E-state index contributed by atoms with van der Waals surface area (Å²) in [6, 6.07) is 12.0. The van der Waals surface area contributed by atoms with E-state index in [1.54, 1.807) is 6.07 Å². The highest BCUT2D eigenvalue weighted by Crippen LogP contribution is 2.19. The average Bonchev–Trinajstić information content (AvgIpc) is 3.08. The average molecular weight is 417 g/mol. The molecule has 1 atom stereocenters. The Labute approximate surface area is 169 Å². The first-order valence-electron chi connectivity index (χ1n) is 8.96. The summed E-state index contributed by atoms with van der Waals surface area (Å²) in [7, 11) is -0.715. The highest BCUT2D eigenvalue weighted by molar-refractivity contribution is 7.89. The predicted octanol–water partition coefficient (Wildman–Crippen LogP) is 1.30. The molecule has 29 heavy (non-hydrogen) atoms. The molecule has 0 spiro atoms. The van der Waals surface area contributed by atoms with Crippen molar-refractivity contribution in [1.82, 2.24) is 24.8 Å². The van der Waals surface area contributed by atoms with E-state index >= 15 is 0 Å². The monoisotopic (exact) mass is 417 g/mol. The third-order valence-corrected chi connectivity index (χ3v) is 6.33. The van der Waals surface area contributed by atoms with Crippen molar-refractivity contribution < 1.29 is 18.0 Å². The maximum Gasteiger partial charge on any atom is 0.261 e. The van der Waals surface area contributed by atoms with Crippen LogP contribution in [0.15, 0.2) is 47.4 Å². The molecule has 0 aliphatic carbocycles. The van der Waals surface area contributed by atoms with Gasteiger partial charge in [-0.3, -0.25) is 4.79 Å². The molecule has 2 aromatic carbocycles. The van der Waals surface area contributed by atoms with Gasteiger partial charge in [0.25, 0.3) is 5.91 Å². The number of nitrogens with zero attached hydrogens (tertiary/aromatic N) is 4. The van der Waals surface area contributed by atoms with E-state index in [2.05, 4.69) is 15.6 Å². The number of rotatable bonds is 7.